The fourth-order valence-electron chi connectivity index (χ4n) is 5.86. The van der Waals surface area contributed by atoms with Gasteiger partial charge in [-0.05, 0) is 84.4 Å². The minimum absolute atomic E-state index is 0.0290. The van der Waals surface area contributed by atoms with Crippen LogP contribution in [0.1, 0.15) is 54.8 Å². The third kappa shape index (κ3) is 2.61. The lowest BCUT2D eigenvalue weighted by atomic mass is 9.68. The number of anilines is 2. The van der Waals surface area contributed by atoms with Gasteiger partial charge in [-0.25, -0.2) is 0 Å². The largest absolute Gasteiger partial charge is 0.378 e. The van der Waals surface area contributed by atoms with Crippen LogP contribution < -0.4 is 10.6 Å². The monoisotopic (exact) mass is 357 g/mol. The maximum atomic E-state index is 11.5. The average Bonchev–Trinajstić information content (AvgIpc) is 3.29. The molecule has 5 atom stereocenters. The van der Waals surface area contributed by atoms with Crippen LogP contribution in [0.4, 0.5) is 11.4 Å². The minimum Gasteiger partial charge on any atom is -0.378 e. The lowest BCUT2D eigenvalue weighted by molar-refractivity contribution is -0.114. The Balaban J connectivity index is 1.56. The van der Waals surface area contributed by atoms with E-state index in [0.29, 0.717) is 17.4 Å². The molecule has 2 saturated carbocycles. The molecule has 2 N–H and O–H groups in total. The zero-order valence-corrected chi connectivity index (χ0v) is 15.4. The Morgan fingerprint density at radius 1 is 1.15 bits per heavy atom. The normalized spacial score (nSPS) is 30.0. The van der Waals surface area contributed by atoms with E-state index in [2.05, 4.69) is 41.0 Å². The number of carbonyl (C=O) groups is 1. The van der Waals surface area contributed by atoms with E-state index in [4.69, 9.17) is 5.26 Å². The second kappa shape index (κ2) is 6.13. The summed E-state index contributed by atoms with van der Waals surface area (Å²) >= 11 is 0. The molecule has 27 heavy (non-hydrogen) atoms. The van der Waals surface area contributed by atoms with Gasteiger partial charge in [0.05, 0.1) is 17.7 Å². The van der Waals surface area contributed by atoms with Crippen LogP contribution in [0.3, 0.4) is 0 Å². The van der Waals surface area contributed by atoms with Crippen molar-refractivity contribution >= 4 is 17.3 Å². The summed E-state index contributed by atoms with van der Waals surface area (Å²) in [5, 5.41) is 15.8. The van der Waals surface area contributed by atoms with Gasteiger partial charge in [0.1, 0.15) is 0 Å². The van der Waals surface area contributed by atoms with E-state index in [-0.39, 0.29) is 11.9 Å². The Bertz CT molecular complexity index is 943. The Labute approximate surface area is 159 Å². The zero-order chi connectivity index (χ0) is 18.5. The molecule has 3 aliphatic rings. The molecule has 0 radical (unpaired) electrons. The first-order valence-electron chi connectivity index (χ1n) is 9.82. The number of benzene rings is 2. The maximum Gasteiger partial charge on any atom is 0.221 e. The summed E-state index contributed by atoms with van der Waals surface area (Å²) in [5.74, 6) is 2.60. The van der Waals surface area contributed by atoms with Crippen molar-refractivity contribution in [1.82, 2.24) is 0 Å². The van der Waals surface area contributed by atoms with E-state index in [0.717, 1.165) is 17.5 Å². The van der Waals surface area contributed by atoms with Crippen LogP contribution in [0, 0.1) is 29.1 Å². The van der Waals surface area contributed by atoms with Crippen molar-refractivity contribution in [2.24, 2.45) is 17.8 Å². The highest BCUT2D eigenvalue weighted by molar-refractivity contribution is 5.89. The number of nitrogens with one attached hydrogen (secondary N) is 2. The molecule has 0 unspecified atom stereocenters. The predicted molar refractivity (Wildman–Crippen MR) is 105 cm³/mol. The van der Waals surface area contributed by atoms with Gasteiger partial charge in [0.25, 0.3) is 0 Å². The summed E-state index contributed by atoms with van der Waals surface area (Å²) in [7, 11) is 0. The summed E-state index contributed by atoms with van der Waals surface area (Å²) < 4.78 is 0. The van der Waals surface area contributed by atoms with Crippen molar-refractivity contribution in [3.05, 3.63) is 59.2 Å². The van der Waals surface area contributed by atoms with Crippen LogP contribution in [-0.4, -0.2) is 5.91 Å². The average molecular weight is 357 g/mol. The van der Waals surface area contributed by atoms with Crippen molar-refractivity contribution in [3.63, 3.8) is 0 Å². The van der Waals surface area contributed by atoms with Crippen LogP contribution in [0.15, 0.2) is 42.5 Å². The van der Waals surface area contributed by atoms with E-state index in [1.807, 2.05) is 18.2 Å². The molecule has 0 aromatic heterocycles. The SMILES string of the molecule is CC(=O)Nc1ccc2c(c1)[C@@H]1[C@H]3CC[C@@H](C3)[C@@H]1[C@H](c1ccc(C#N)cc1)N2. The third-order valence-corrected chi connectivity index (χ3v) is 6.81. The molecule has 2 fully saturated rings. The second-order valence-electron chi connectivity index (χ2n) is 8.28. The molecule has 1 aliphatic heterocycles. The molecule has 0 spiro atoms. The van der Waals surface area contributed by atoms with Crippen molar-refractivity contribution in [2.45, 2.75) is 38.1 Å². The molecule has 0 saturated heterocycles. The first-order chi connectivity index (χ1) is 13.1. The first-order valence-corrected chi connectivity index (χ1v) is 9.82. The van der Waals surface area contributed by atoms with Gasteiger partial charge >= 0.3 is 0 Å². The predicted octanol–water partition coefficient (Wildman–Crippen LogP) is 4.81. The number of fused-ring (bicyclic) bond motifs is 7. The van der Waals surface area contributed by atoms with E-state index in [9.17, 15) is 4.79 Å². The number of rotatable bonds is 2. The van der Waals surface area contributed by atoms with Gasteiger partial charge in [-0.1, -0.05) is 12.1 Å². The van der Waals surface area contributed by atoms with Crippen LogP contribution in [0.5, 0.6) is 0 Å². The molecule has 1 amide bonds. The molecule has 2 aromatic rings. The van der Waals surface area contributed by atoms with E-state index >= 15 is 0 Å². The van der Waals surface area contributed by atoms with E-state index in [1.54, 1.807) is 6.92 Å². The van der Waals surface area contributed by atoms with Crippen LogP contribution in [0.2, 0.25) is 0 Å². The molecule has 5 rings (SSSR count). The summed E-state index contributed by atoms with van der Waals surface area (Å²) in [5.41, 5.74) is 5.42. The third-order valence-electron chi connectivity index (χ3n) is 6.81. The number of amides is 1. The van der Waals surface area contributed by atoms with Gasteiger partial charge in [-0.15, -0.1) is 0 Å². The second-order valence-corrected chi connectivity index (χ2v) is 8.28. The molecule has 1 heterocycles. The van der Waals surface area contributed by atoms with Crippen LogP contribution in [0.25, 0.3) is 0 Å². The Kier molecular flexibility index (Phi) is 3.72. The number of hydrogen-bond donors (Lipinski definition) is 2. The summed E-state index contributed by atoms with van der Waals surface area (Å²) in [6.45, 7) is 1.55. The molecule has 2 aliphatic carbocycles. The minimum atomic E-state index is -0.0290. The Morgan fingerprint density at radius 3 is 2.67 bits per heavy atom. The number of nitriles is 1. The summed E-state index contributed by atoms with van der Waals surface area (Å²) in [6, 6.07) is 16.8. The van der Waals surface area contributed by atoms with Gasteiger partial charge in [-0.2, -0.15) is 5.26 Å². The first kappa shape index (κ1) is 16.4. The summed E-state index contributed by atoms with van der Waals surface area (Å²) in [4.78, 5) is 11.5. The van der Waals surface area contributed by atoms with Gasteiger partial charge in [0, 0.05) is 18.3 Å². The fraction of sp³-hybridized carbons (Fsp3) is 0.391. The quantitative estimate of drug-likeness (QED) is 0.810. The molecule has 2 aromatic carbocycles. The molecular formula is C23H23N3O. The topological polar surface area (TPSA) is 64.9 Å². The molecule has 136 valence electrons. The van der Waals surface area contributed by atoms with Gasteiger partial charge in [0.2, 0.25) is 5.91 Å². The van der Waals surface area contributed by atoms with Crippen molar-refractivity contribution in [3.8, 4) is 6.07 Å². The van der Waals surface area contributed by atoms with Crippen molar-refractivity contribution < 1.29 is 4.79 Å². The highest BCUT2D eigenvalue weighted by Gasteiger charge is 2.53. The highest BCUT2D eigenvalue weighted by atomic mass is 16.1. The van der Waals surface area contributed by atoms with E-state index < -0.39 is 0 Å². The molecule has 4 nitrogen and oxygen atoms in total. The van der Waals surface area contributed by atoms with Gasteiger partial charge < -0.3 is 10.6 Å². The fourth-order valence-corrected chi connectivity index (χ4v) is 5.86. The number of carbonyl (C=O) groups excluding carboxylic acids is 1. The van der Waals surface area contributed by atoms with Crippen LogP contribution in [-0.2, 0) is 4.79 Å². The number of hydrogen-bond acceptors (Lipinski definition) is 3. The lowest BCUT2D eigenvalue weighted by Crippen LogP contribution is -2.35. The van der Waals surface area contributed by atoms with Gasteiger partial charge in [0.15, 0.2) is 0 Å². The molecule has 2 bridgehead atoms. The van der Waals surface area contributed by atoms with Crippen molar-refractivity contribution in [2.75, 3.05) is 10.6 Å². The smallest absolute Gasteiger partial charge is 0.221 e. The van der Waals surface area contributed by atoms with Crippen LogP contribution >= 0.6 is 0 Å². The standard InChI is InChI=1S/C23H23N3O/c1-13(27)25-18-8-9-20-19(11-18)21-16-6-7-17(10-16)22(21)23(26-20)15-4-2-14(12-24)3-5-15/h2-5,8-9,11,16-17,21-23,26H,6-7,10H2,1H3,(H,25,27)/t16-,17-,21-,22-,23-/m0/s1. The lowest BCUT2D eigenvalue weighted by Gasteiger charge is -2.43. The van der Waals surface area contributed by atoms with Crippen molar-refractivity contribution in [1.29, 1.82) is 5.26 Å². The van der Waals surface area contributed by atoms with E-state index in [1.165, 1.54) is 36.1 Å². The van der Waals surface area contributed by atoms with Gasteiger partial charge in [-0.3, -0.25) is 4.79 Å². The Morgan fingerprint density at radius 2 is 1.93 bits per heavy atom. The summed E-state index contributed by atoms with van der Waals surface area (Å²) in [6.07, 6.45) is 3.95. The molecule has 4 heteroatoms. The number of nitrogens with zero attached hydrogens (tertiary/aromatic N) is 1. The zero-order valence-electron chi connectivity index (χ0n) is 15.4. The molecular weight excluding hydrogens is 334 g/mol. The highest BCUT2D eigenvalue weighted by Crippen LogP contribution is 2.63. The Hall–Kier alpha value is -2.80. The maximum absolute atomic E-state index is 11.5.